The molecule has 120 valence electrons. The standard InChI is InChI=1S/C14H27N5O2/c1-5-9-17(7-3)11-8-15-14-13(19(20)21)12(4)16-18(14)10-6-2/h15H,5-11H2,1-4H3. The number of hydrogen-bond acceptors (Lipinski definition) is 5. The lowest BCUT2D eigenvalue weighted by molar-refractivity contribution is -0.384. The molecule has 0 aliphatic rings. The van der Waals surface area contributed by atoms with Crippen molar-refractivity contribution in [1.82, 2.24) is 14.7 Å². The summed E-state index contributed by atoms with van der Waals surface area (Å²) in [7, 11) is 0. The summed E-state index contributed by atoms with van der Waals surface area (Å²) in [6.45, 7) is 12.3. The van der Waals surface area contributed by atoms with Crippen molar-refractivity contribution >= 4 is 11.5 Å². The average molecular weight is 297 g/mol. The highest BCUT2D eigenvalue weighted by atomic mass is 16.6. The molecule has 1 N–H and O–H groups in total. The predicted octanol–water partition coefficient (Wildman–Crippen LogP) is 2.65. The van der Waals surface area contributed by atoms with Crippen LogP contribution in [0.25, 0.3) is 0 Å². The van der Waals surface area contributed by atoms with Gasteiger partial charge in [0.15, 0.2) is 0 Å². The summed E-state index contributed by atoms with van der Waals surface area (Å²) in [5.41, 5.74) is 0.568. The first-order valence-electron chi connectivity index (χ1n) is 7.73. The molecule has 0 aliphatic heterocycles. The molecule has 0 aromatic carbocycles. The van der Waals surface area contributed by atoms with Crippen LogP contribution < -0.4 is 5.32 Å². The predicted molar refractivity (Wildman–Crippen MR) is 84.8 cm³/mol. The number of likely N-dealkylation sites (N-methyl/N-ethyl adjacent to an activating group) is 1. The van der Waals surface area contributed by atoms with Crippen molar-refractivity contribution in [2.45, 2.75) is 47.1 Å². The van der Waals surface area contributed by atoms with E-state index in [9.17, 15) is 10.1 Å². The third-order valence-electron chi connectivity index (χ3n) is 3.42. The first-order valence-corrected chi connectivity index (χ1v) is 7.73. The maximum atomic E-state index is 11.2. The molecule has 0 atom stereocenters. The monoisotopic (exact) mass is 297 g/mol. The topological polar surface area (TPSA) is 76.2 Å². The fraction of sp³-hybridized carbons (Fsp3) is 0.786. The number of nitrogens with one attached hydrogen (secondary N) is 1. The Morgan fingerprint density at radius 1 is 1.29 bits per heavy atom. The Kier molecular flexibility index (Phi) is 7.14. The molecule has 0 unspecified atom stereocenters. The second-order valence-electron chi connectivity index (χ2n) is 5.12. The Labute approximate surface area is 126 Å². The molecular formula is C14H27N5O2. The fourth-order valence-corrected chi connectivity index (χ4v) is 2.42. The Morgan fingerprint density at radius 2 is 2.00 bits per heavy atom. The summed E-state index contributed by atoms with van der Waals surface area (Å²) in [4.78, 5) is 13.2. The number of hydrogen-bond donors (Lipinski definition) is 1. The number of rotatable bonds is 10. The minimum atomic E-state index is -0.347. The molecule has 1 heterocycles. The van der Waals surface area contributed by atoms with E-state index in [2.05, 4.69) is 29.2 Å². The minimum absolute atomic E-state index is 0.0991. The third kappa shape index (κ3) is 4.70. The van der Waals surface area contributed by atoms with Crippen LogP contribution in [-0.4, -0.2) is 45.8 Å². The lowest BCUT2D eigenvalue weighted by atomic mass is 10.3. The van der Waals surface area contributed by atoms with Gasteiger partial charge in [0.2, 0.25) is 5.82 Å². The van der Waals surface area contributed by atoms with Crippen LogP contribution in [0.1, 0.15) is 39.3 Å². The molecule has 1 aromatic heterocycles. The molecule has 0 spiro atoms. The molecule has 0 aliphatic carbocycles. The Balaban J connectivity index is 2.78. The van der Waals surface area contributed by atoms with E-state index >= 15 is 0 Å². The number of aryl methyl sites for hydroxylation is 2. The molecule has 7 nitrogen and oxygen atoms in total. The fourth-order valence-electron chi connectivity index (χ4n) is 2.42. The molecule has 0 saturated heterocycles. The zero-order valence-electron chi connectivity index (χ0n) is 13.6. The average Bonchev–Trinajstić information content (AvgIpc) is 2.74. The van der Waals surface area contributed by atoms with Crippen molar-refractivity contribution in [1.29, 1.82) is 0 Å². The maximum absolute atomic E-state index is 11.2. The highest BCUT2D eigenvalue weighted by Gasteiger charge is 2.24. The Bertz CT molecular complexity index is 458. The Hall–Kier alpha value is -1.63. The first-order chi connectivity index (χ1) is 10.0. The summed E-state index contributed by atoms with van der Waals surface area (Å²) >= 11 is 0. The number of anilines is 1. The van der Waals surface area contributed by atoms with Gasteiger partial charge in [-0.05, 0) is 32.9 Å². The van der Waals surface area contributed by atoms with Crippen molar-refractivity contribution < 1.29 is 4.92 Å². The van der Waals surface area contributed by atoms with Crippen molar-refractivity contribution in [3.63, 3.8) is 0 Å². The third-order valence-corrected chi connectivity index (χ3v) is 3.42. The summed E-state index contributed by atoms with van der Waals surface area (Å²) in [5, 5.41) is 18.7. The van der Waals surface area contributed by atoms with Crippen molar-refractivity contribution in [3.05, 3.63) is 15.8 Å². The smallest absolute Gasteiger partial charge is 0.333 e. The van der Waals surface area contributed by atoms with Gasteiger partial charge in [-0.1, -0.05) is 20.8 Å². The van der Waals surface area contributed by atoms with Gasteiger partial charge in [-0.25, -0.2) is 4.68 Å². The molecule has 0 fully saturated rings. The summed E-state index contributed by atoms with van der Waals surface area (Å²) in [5.74, 6) is 0.534. The molecule has 0 bridgehead atoms. The van der Waals surface area contributed by atoms with Crippen LogP contribution in [0.2, 0.25) is 0 Å². The highest BCUT2D eigenvalue weighted by molar-refractivity contribution is 5.59. The van der Waals surface area contributed by atoms with E-state index in [1.165, 1.54) is 0 Å². The molecule has 1 rings (SSSR count). The molecule has 0 radical (unpaired) electrons. The van der Waals surface area contributed by atoms with E-state index in [-0.39, 0.29) is 10.6 Å². The SMILES string of the molecule is CCCN(CC)CCNc1c([N+](=O)[O-])c(C)nn1CCC. The molecule has 7 heteroatoms. The second-order valence-corrected chi connectivity index (χ2v) is 5.12. The number of aromatic nitrogens is 2. The van der Waals surface area contributed by atoms with Gasteiger partial charge in [-0.15, -0.1) is 0 Å². The van der Waals surface area contributed by atoms with Crippen LogP contribution in [0.3, 0.4) is 0 Å². The van der Waals surface area contributed by atoms with Crippen molar-refractivity contribution in [2.75, 3.05) is 31.5 Å². The van der Waals surface area contributed by atoms with Gasteiger partial charge in [0, 0.05) is 19.6 Å². The van der Waals surface area contributed by atoms with E-state index < -0.39 is 0 Å². The van der Waals surface area contributed by atoms with Crippen LogP contribution in [0.5, 0.6) is 0 Å². The van der Waals surface area contributed by atoms with E-state index in [1.54, 1.807) is 11.6 Å². The lowest BCUT2D eigenvalue weighted by Crippen LogP contribution is -2.30. The van der Waals surface area contributed by atoms with Gasteiger partial charge in [-0.2, -0.15) is 5.10 Å². The summed E-state index contributed by atoms with van der Waals surface area (Å²) in [6, 6.07) is 0. The first kappa shape index (κ1) is 17.4. The van der Waals surface area contributed by atoms with Crippen LogP contribution in [-0.2, 0) is 6.54 Å². The zero-order chi connectivity index (χ0) is 15.8. The van der Waals surface area contributed by atoms with E-state index in [0.29, 0.717) is 24.6 Å². The van der Waals surface area contributed by atoms with Crippen LogP contribution >= 0.6 is 0 Å². The number of nitrogens with zero attached hydrogens (tertiary/aromatic N) is 4. The lowest BCUT2D eigenvalue weighted by Gasteiger charge is -2.19. The van der Waals surface area contributed by atoms with E-state index in [1.807, 2.05) is 6.92 Å². The van der Waals surface area contributed by atoms with Crippen molar-refractivity contribution in [2.24, 2.45) is 0 Å². The minimum Gasteiger partial charge on any atom is -0.363 e. The summed E-state index contributed by atoms with van der Waals surface area (Å²) < 4.78 is 1.71. The van der Waals surface area contributed by atoms with Gasteiger partial charge >= 0.3 is 5.69 Å². The van der Waals surface area contributed by atoms with Gasteiger partial charge < -0.3 is 10.2 Å². The van der Waals surface area contributed by atoms with Gasteiger partial charge in [0.1, 0.15) is 5.69 Å². The molecule has 21 heavy (non-hydrogen) atoms. The molecule has 0 saturated carbocycles. The largest absolute Gasteiger partial charge is 0.363 e. The molecular weight excluding hydrogens is 270 g/mol. The molecule has 1 aromatic rings. The molecule has 0 amide bonds. The van der Waals surface area contributed by atoms with Crippen LogP contribution in [0.15, 0.2) is 0 Å². The van der Waals surface area contributed by atoms with Gasteiger partial charge in [0.25, 0.3) is 0 Å². The number of nitro groups is 1. The normalized spacial score (nSPS) is 11.1. The van der Waals surface area contributed by atoms with E-state index in [4.69, 9.17) is 0 Å². The van der Waals surface area contributed by atoms with Gasteiger partial charge in [-0.3, -0.25) is 10.1 Å². The van der Waals surface area contributed by atoms with Gasteiger partial charge in [0.05, 0.1) is 4.92 Å². The maximum Gasteiger partial charge on any atom is 0.333 e. The quantitative estimate of drug-likeness (QED) is 0.531. The zero-order valence-corrected chi connectivity index (χ0v) is 13.6. The van der Waals surface area contributed by atoms with E-state index in [0.717, 1.165) is 32.5 Å². The van der Waals surface area contributed by atoms with Crippen molar-refractivity contribution in [3.8, 4) is 0 Å². The highest BCUT2D eigenvalue weighted by Crippen LogP contribution is 2.28. The van der Waals surface area contributed by atoms with Crippen LogP contribution in [0.4, 0.5) is 11.5 Å². The second kappa shape index (κ2) is 8.61. The van der Waals surface area contributed by atoms with Crippen LogP contribution in [0, 0.1) is 17.0 Å². The summed E-state index contributed by atoms with van der Waals surface area (Å²) in [6.07, 6.45) is 2.00. The Morgan fingerprint density at radius 3 is 2.52 bits per heavy atom.